The Labute approximate surface area is 127 Å². The van der Waals surface area contributed by atoms with Crippen molar-refractivity contribution in [3.05, 3.63) is 42.1 Å². The summed E-state index contributed by atoms with van der Waals surface area (Å²) in [4.78, 5) is 4.47. The van der Waals surface area contributed by atoms with Crippen LogP contribution < -0.4 is 5.32 Å². The highest BCUT2D eigenvalue weighted by atomic mass is 16.5. The van der Waals surface area contributed by atoms with E-state index in [4.69, 9.17) is 4.74 Å². The Bertz CT molecular complexity index is 556. The largest absolute Gasteiger partial charge is 0.379 e. The lowest BCUT2D eigenvalue weighted by atomic mass is 9.96. The molecule has 0 bridgehead atoms. The molecule has 3 nitrogen and oxygen atoms in total. The fraction of sp³-hybridized carbons (Fsp3) is 0.500. The van der Waals surface area contributed by atoms with Crippen molar-refractivity contribution < 1.29 is 4.74 Å². The first-order valence-corrected chi connectivity index (χ1v) is 7.91. The van der Waals surface area contributed by atoms with Crippen molar-refractivity contribution >= 4 is 10.9 Å². The second-order valence-electron chi connectivity index (χ2n) is 5.45. The lowest BCUT2D eigenvalue weighted by molar-refractivity contribution is 0.0606. The summed E-state index contributed by atoms with van der Waals surface area (Å²) < 4.78 is 5.73. The molecule has 0 radical (unpaired) electrons. The minimum Gasteiger partial charge on any atom is -0.379 e. The molecule has 2 unspecified atom stereocenters. The first-order valence-electron chi connectivity index (χ1n) is 7.91. The van der Waals surface area contributed by atoms with E-state index in [1.54, 1.807) is 7.11 Å². The first-order chi connectivity index (χ1) is 10.3. The van der Waals surface area contributed by atoms with Crippen LogP contribution in [0.3, 0.4) is 0 Å². The van der Waals surface area contributed by atoms with E-state index in [2.05, 4.69) is 48.4 Å². The van der Waals surface area contributed by atoms with Gasteiger partial charge in [-0.3, -0.25) is 4.98 Å². The van der Waals surface area contributed by atoms with Crippen LogP contribution in [-0.2, 0) is 4.74 Å². The van der Waals surface area contributed by atoms with Gasteiger partial charge in [0.15, 0.2) is 0 Å². The van der Waals surface area contributed by atoms with Gasteiger partial charge in [-0.25, -0.2) is 0 Å². The van der Waals surface area contributed by atoms with E-state index >= 15 is 0 Å². The number of rotatable bonds is 8. The number of nitrogens with one attached hydrogen (secondary N) is 1. The Morgan fingerprint density at radius 1 is 1.19 bits per heavy atom. The monoisotopic (exact) mass is 286 g/mol. The average molecular weight is 286 g/mol. The minimum absolute atomic E-state index is 0.197. The van der Waals surface area contributed by atoms with Crippen LogP contribution in [0.5, 0.6) is 0 Å². The number of pyridine rings is 1. The fourth-order valence-electron chi connectivity index (χ4n) is 2.75. The maximum atomic E-state index is 5.73. The van der Waals surface area contributed by atoms with Gasteiger partial charge < -0.3 is 10.1 Å². The van der Waals surface area contributed by atoms with Crippen molar-refractivity contribution in [2.24, 2.45) is 0 Å². The molecule has 0 amide bonds. The molecular formula is C18H26N2O. The van der Waals surface area contributed by atoms with E-state index < -0.39 is 0 Å². The molecule has 1 N–H and O–H groups in total. The maximum Gasteiger partial charge on any atom is 0.0765 e. The number of ether oxygens (including phenoxy) is 1. The van der Waals surface area contributed by atoms with Gasteiger partial charge in [-0.15, -0.1) is 0 Å². The van der Waals surface area contributed by atoms with Crippen LogP contribution in [0.1, 0.15) is 44.7 Å². The van der Waals surface area contributed by atoms with Gasteiger partial charge in [-0.1, -0.05) is 38.5 Å². The SMILES string of the molecule is CCCNC(c1ccc2cccnc2c1)C(CCC)OC. The molecule has 0 spiro atoms. The Morgan fingerprint density at radius 3 is 2.76 bits per heavy atom. The zero-order valence-electron chi connectivity index (χ0n) is 13.3. The van der Waals surface area contributed by atoms with Gasteiger partial charge in [0.25, 0.3) is 0 Å². The molecule has 0 fully saturated rings. The van der Waals surface area contributed by atoms with Crippen molar-refractivity contribution in [2.75, 3.05) is 13.7 Å². The van der Waals surface area contributed by atoms with Gasteiger partial charge >= 0.3 is 0 Å². The van der Waals surface area contributed by atoms with Gasteiger partial charge in [0.1, 0.15) is 0 Å². The van der Waals surface area contributed by atoms with E-state index in [0.29, 0.717) is 0 Å². The van der Waals surface area contributed by atoms with Crippen molar-refractivity contribution in [3.8, 4) is 0 Å². The van der Waals surface area contributed by atoms with Gasteiger partial charge in [0.05, 0.1) is 17.7 Å². The summed E-state index contributed by atoms with van der Waals surface area (Å²) in [5.74, 6) is 0. The third-order valence-electron chi connectivity index (χ3n) is 3.85. The number of hydrogen-bond acceptors (Lipinski definition) is 3. The van der Waals surface area contributed by atoms with Crippen molar-refractivity contribution in [3.63, 3.8) is 0 Å². The number of hydrogen-bond donors (Lipinski definition) is 1. The summed E-state index contributed by atoms with van der Waals surface area (Å²) >= 11 is 0. The van der Waals surface area contributed by atoms with Crippen LogP contribution in [0.2, 0.25) is 0 Å². The standard InChI is InChI=1S/C18H26N2O/c1-4-7-17(21-3)18(20-11-5-2)15-10-9-14-8-6-12-19-16(14)13-15/h6,8-10,12-13,17-18,20H,4-5,7,11H2,1-3H3. The zero-order valence-corrected chi connectivity index (χ0v) is 13.3. The van der Waals surface area contributed by atoms with Gasteiger partial charge in [0, 0.05) is 18.7 Å². The van der Waals surface area contributed by atoms with Crippen molar-refractivity contribution in [1.82, 2.24) is 10.3 Å². The Hall–Kier alpha value is -1.45. The second-order valence-corrected chi connectivity index (χ2v) is 5.45. The van der Waals surface area contributed by atoms with E-state index in [-0.39, 0.29) is 12.1 Å². The zero-order chi connectivity index (χ0) is 15.1. The summed E-state index contributed by atoms with van der Waals surface area (Å²) in [6.45, 7) is 5.38. The predicted molar refractivity (Wildman–Crippen MR) is 88.5 cm³/mol. The normalized spacial score (nSPS) is 14.2. The molecule has 0 aliphatic rings. The van der Waals surface area contributed by atoms with Crippen molar-refractivity contribution in [1.29, 1.82) is 0 Å². The van der Waals surface area contributed by atoms with Crippen LogP contribution in [0, 0.1) is 0 Å². The highest BCUT2D eigenvalue weighted by Gasteiger charge is 2.22. The number of benzene rings is 1. The quantitative estimate of drug-likeness (QED) is 0.793. The van der Waals surface area contributed by atoms with Gasteiger partial charge in [-0.2, -0.15) is 0 Å². The summed E-state index contributed by atoms with van der Waals surface area (Å²) in [7, 11) is 1.81. The number of aromatic nitrogens is 1. The molecule has 1 aromatic carbocycles. The highest BCUT2D eigenvalue weighted by molar-refractivity contribution is 5.79. The van der Waals surface area contributed by atoms with Crippen LogP contribution in [0.15, 0.2) is 36.5 Å². The van der Waals surface area contributed by atoms with Crippen LogP contribution >= 0.6 is 0 Å². The molecule has 2 atom stereocenters. The second kappa shape index (κ2) is 8.11. The number of fused-ring (bicyclic) bond motifs is 1. The molecule has 1 aromatic heterocycles. The molecule has 114 valence electrons. The number of methoxy groups -OCH3 is 1. The van der Waals surface area contributed by atoms with E-state index in [1.165, 1.54) is 10.9 Å². The lowest BCUT2D eigenvalue weighted by Gasteiger charge is -2.27. The lowest BCUT2D eigenvalue weighted by Crippen LogP contribution is -2.33. The first kappa shape index (κ1) is 15.9. The average Bonchev–Trinajstić information content (AvgIpc) is 2.54. The van der Waals surface area contributed by atoms with Crippen LogP contribution in [-0.4, -0.2) is 24.7 Å². The maximum absolute atomic E-state index is 5.73. The molecule has 1 heterocycles. The predicted octanol–water partition coefficient (Wildman–Crippen LogP) is 4.09. The highest BCUT2D eigenvalue weighted by Crippen LogP contribution is 2.25. The van der Waals surface area contributed by atoms with E-state index in [1.807, 2.05) is 12.3 Å². The Morgan fingerprint density at radius 2 is 2.05 bits per heavy atom. The summed E-state index contributed by atoms with van der Waals surface area (Å²) in [6, 6.07) is 10.8. The van der Waals surface area contributed by atoms with Crippen LogP contribution in [0.4, 0.5) is 0 Å². The fourth-order valence-corrected chi connectivity index (χ4v) is 2.75. The molecule has 3 heteroatoms. The summed E-state index contributed by atoms with van der Waals surface area (Å²) in [5, 5.41) is 4.81. The smallest absolute Gasteiger partial charge is 0.0765 e. The molecular weight excluding hydrogens is 260 g/mol. The number of nitrogens with zero attached hydrogens (tertiary/aromatic N) is 1. The van der Waals surface area contributed by atoms with Crippen LogP contribution in [0.25, 0.3) is 10.9 Å². The molecule has 2 rings (SSSR count). The molecule has 21 heavy (non-hydrogen) atoms. The molecule has 0 aliphatic heterocycles. The third kappa shape index (κ3) is 4.02. The third-order valence-corrected chi connectivity index (χ3v) is 3.85. The molecule has 0 saturated carbocycles. The van der Waals surface area contributed by atoms with E-state index in [9.17, 15) is 0 Å². The van der Waals surface area contributed by atoms with Crippen molar-refractivity contribution in [2.45, 2.75) is 45.3 Å². The Kier molecular flexibility index (Phi) is 6.15. The molecule has 0 saturated heterocycles. The summed E-state index contributed by atoms with van der Waals surface area (Å²) in [6.07, 6.45) is 5.33. The molecule has 0 aliphatic carbocycles. The summed E-state index contributed by atoms with van der Waals surface area (Å²) in [5.41, 5.74) is 2.31. The Balaban J connectivity index is 2.32. The van der Waals surface area contributed by atoms with Gasteiger partial charge in [0.2, 0.25) is 0 Å². The minimum atomic E-state index is 0.197. The molecule has 2 aromatic rings. The van der Waals surface area contributed by atoms with E-state index in [0.717, 1.165) is 31.3 Å². The topological polar surface area (TPSA) is 34.2 Å². The van der Waals surface area contributed by atoms with Gasteiger partial charge in [-0.05, 0) is 37.1 Å².